The number of rotatable bonds is 7. The van der Waals surface area contributed by atoms with Crippen molar-refractivity contribution >= 4 is 28.7 Å². The van der Waals surface area contributed by atoms with Crippen LogP contribution in [0.25, 0.3) is 11.0 Å². The number of amides is 1. The molecule has 0 radical (unpaired) electrons. The van der Waals surface area contributed by atoms with E-state index in [4.69, 9.17) is 0 Å². The standard InChI is InChI=1S/C18H18FN3OS/c19-13-5-1-4-8-16(13)24-12-10-18(23)20-11-9-17-21-14-6-2-3-7-15(14)22-17/h1-8H,9-12H2,(H,20,23)(H,21,22). The number of para-hydroxylation sites is 2. The van der Waals surface area contributed by atoms with Gasteiger partial charge in [-0.3, -0.25) is 4.79 Å². The van der Waals surface area contributed by atoms with Gasteiger partial charge < -0.3 is 10.3 Å². The van der Waals surface area contributed by atoms with Crippen molar-refractivity contribution in [2.24, 2.45) is 0 Å². The van der Waals surface area contributed by atoms with E-state index in [1.165, 1.54) is 17.8 Å². The number of aromatic nitrogens is 2. The lowest BCUT2D eigenvalue weighted by molar-refractivity contribution is -0.120. The first kappa shape index (κ1) is 16.5. The molecular weight excluding hydrogens is 325 g/mol. The Balaban J connectivity index is 1.39. The second kappa shape index (κ2) is 7.97. The molecule has 124 valence electrons. The van der Waals surface area contributed by atoms with Gasteiger partial charge in [-0.2, -0.15) is 0 Å². The molecule has 3 aromatic rings. The number of aromatic amines is 1. The number of benzene rings is 2. The van der Waals surface area contributed by atoms with Gasteiger partial charge >= 0.3 is 0 Å². The Morgan fingerprint density at radius 3 is 2.79 bits per heavy atom. The minimum absolute atomic E-state index is 0.0325. The molecule has 0 aliphatic rings. The average molecular weight is 343 g/mol. The third kappa shape index (κ3) is 4.35. The Kier molecular flexibility index (Phi) is 5.48. The summed E-state index contributed by atoms with van der Waals surface area (Å²) in [5.74, 6) is 1.14. The van der Waals surface area contributed by atoms with Crippen LogP contribution in [0.3, 0.4) is 0 Å². The van der Waals surface area contributed by atoms with Crippen LogP contribution in [0.5, 0.6) is 0 Å². The molecule has 0 atom stereocenters. The number of carbonyl (C=O) groups excluding carboxylic acids is 1. The smallest absolute Gasteiger partial charge is 0.220 e. The van der Waals surface area contributed by atoms with Crippen molar-refractivity contribution < 1.29 is 9.18 Å². The van der Waals surface area contributed by atoms with Crippen LogP contribution in [0.1, 0.15) is 12.2 Å². The van der Waals surface area contributed by atoms with Crippen LogP contribution in [0.2, 0.25) is 0 Å². The summed E-state index contributed by atoms with van der Waals surface area (Å²) in [5, 5.41) is 2.87. The van der Waals surface area contributed by atoms with Gasteiger partial charge in [0.15, 0.2) is 0 Å². The predicted molar refractivity (Wildman–Crippen MR) is 94.5 cm³/mol. The van der Waals surface area contributed by atoms with Gasteiger partial charge in [0.1, 0.15) is 11.6 Å². The molecule has 0 fully saturated rings. The number of fused-ring (bicyclic) bond motifs is 1. The first-order valence-corrected chi connectivity index (χ1v) is 8.78. The first-order valence-electron chi connectivity index (χ1n) is 7.80. The SMILES string of the molecule is O=C(CCSc1ccccc1F)NCCc1nc2ccccc2[nH]1. The number of carbonyl (C=O) groups is 1. The molecule has 1 aromatic heterocycles. The molecule has 3 rings (SSSR count). The van der Waals surface area contributed by atoms with E-state index in [0.29, 0.717) is 30.0 Å². The molecule has 0 saturated heterocycles. The molecule has 4 nitrogen and oxygen atoms in total. The molecule has 0 unspecified atom stereocenters. The van der Waals surface area contributed by atoms with Crippen LogP contribution in [0.4, 0.5) is 4.39 Å². The topological polar surface area (TPSA) is 57.8 Å². The van der Waals surface area contributed by atoms with Crippen LogP contribution in [-0.2, 0) is 11.2 Å². The third-order valence-corrected chi connectivity index (χ3v) is 4.60. The highest BCUT2D eigenvalue weighted by Gasteiger charge is 2.06. The van der Waals surface area contributed by atoms with Crippen molar-refractivity contribution in [3.63, 3.8) is 0 Å². The summed E-state index contributed by atoms with van der Waals surface area (Å²) < 4.78 is 13.5. The van der Waals surface area contributed by atoms with E-state index in [0.717, 1.165) is 16.9 Å². The summed E-state index contributed by atoms with van der Waals surface area (Å²) in [6.07, 6.45) is 1.01. The Hall–Kier alpha value is -2.34. The first-order chi connectivity index (χ1) is 11.7. The van der Waals surface area contributed by atoms with Crippen LogP contribution < -0.4 is 5.32 Å². The fourth-order valence-corrected chi connectivity index (χ4v) is 3.24. The number of nitrogens with zero attached hydrogens (tertiary/aromatic N) is 1. The van der Waals surface area contributed by atoms with Crippen LogP contribution in [0.15, 0.2) is 53.4 Å². The molecule has 0 spiro atoms. The summed E-state index contributed by atoms with van der Waals surface area (Å²) in [5.41, 5.74) is 1.93. The van der Waals surface area contributed by atoms with Crippen molar-refractivity contribution in [3.05, 3.63) is 60.2 Å². The van der Waals surface area contributed by atoms with Crippen molar-refractivity contribution in [2.45, 2.75) is 17.7 Å². The zero-order chi connectivity index (χ0) is 16.8. The van der Waals surface area contributed by atoms with Crippen molar-refractivity contribution in [2.75, 3.05) is 12.3 Å². The second-order valence-electron chi connectivity index (χ2n) is 5.33. The largest absolute Gasteiger partial charge is 0.356 e. The number of halogens is 1. The van der Waals surface area contributed by atoms with Crippen LogP contribution in [0, 0.1) is 5.82 Å². The molecule has 6 heteroatoms. The molecule has 0 bridgehead atoms. The molecule has 24 heavy (non-hydrogen) atoms. The van der Waals surface area contributed by atoms with E-state index in [2.05, 4.69) is 15.3 Å². The fourth-order valence-electron chi connectivity index (χ4n) is 2.35. The summed E-state index contributed by atoms with van der Waals surface area (Å²) >= 11 is 1.35. The lowest BCUT2D eigenvalue weighted by Gasteiger charge is -2.05. The zero-order valence-corrected chi connectivity index (χ0v) is 13.9. The number of H-pyrrole nitrogens is 1. The molecule has 0 aliphatic carbocycles. The fraction of sp³-hybridized carbons (Fsp3) is 0.222. The molecular formula is C18H18FN3OS. The van der Waals surface area contributed by atoms with E-state index in [1.54, 1.807) is 18.2 Å². The minimum Gasteiger partial charge on any atom is -0.356 e. The number of hydrogen-bond donors (Lipinski definition) is 2. The van der Waals surface area contributed by atoms with Gasteiger partial charge in [0.25, 0.3) is 0 Å². The molecule has 1 heterocycles. The second-order valence-corrected chi connectivity index (χ2v) is 6.47. The zero-order valence-electron chi connectivity index (χ0n) is 13.1. The number of imidazole rings is 1. The molecule has 1 amide bonds. The highest BCUT2D eigenvalue weighted by atomic mass is 32.2. The van der Waals surface area contributed by atoms with Gasteiger partial charge in [-0.05, 0) is 24.3 Å². The van der Waals surface area contributed by atoms with E-state index >= 15 is 0 Å². The molecule has 2 N–H and O–H groups in total. The van der Waals surface area contributed by atoms with Gasteiger partial charge in [-0.1, -0.05) is 24.3 Å². The quantitative estimate of drug-likeness (QED) is 0.645. The lowest BCUT2D eigenvalue weighted by Crippen LogP contribution is -2.26. The van der Waals surface area contributed by atoms with E-state index in [1.807, 2.05) is 24.3 Å². The predicted octanol–water partition coefficient (Wildman–Crippen LogP) is 3.54. The van der Waals surface area contributed by atoms with Crippen molar-refractivity contribution in [1.29, 1.82) is 0 Å². The maximum Gasteiger partial charge on any atom is 0.220 e. The Bertz CT molecular complexity index is 801. The van der Waals surface area contributed by atoms with E-state index < -0.39 is 0 Å². The Morgan fingerprint density at radius 1 is 1.17 bits per heavy atom. The van der Waals surface area contributed by atoms with Gasteiger partial charge in [0.2, 0.25) is 5.91 Å². The molecule has 2 aromatic carbocycles. The Labute approximate surface area is 143 Å². The summed E-state index contributed by atoms with van der Waals surface area (Å²) in [7, 11) is 0. The van der Waals surface area contributed by atoms with Gasteiger partial charge in [-0.15, -0.1) is 11.8 Å². The maximum atomic E-state index is 13.5. The van der Waals surface area contributed by atoms with E-state index in [9.17, 15) is 9.18 Å². The highest BCUT2D eigenvalue weighted by molar-refractivity contribution is 7.99. The van der Waals surface area contributed by atoms with Crippen molar-refractivity contribution in [3.8, 4) is 0 Å². The third-order valence-electron chi connectivity index (χ3n) is 3.55. The number of hydrogen-bond acceptors (Lipinski definition) is 3. The van der Waals surface area contributed by atoms with Crippen LogP contribution in [-0.4, -0.2) is 28.2 Å². The summed E-state index contributed by atoms with van der Waals surface area (Å²) in [4.78, 5) is 20.1. The highest BCUT2D eigenvalue weighted by Crippen LogP contribution is 2.21. The average Bonchev–Trinajstić information content (AvgIpc) is 2.99. The van der Waals surface area contributed by atoms with E-state index in [-0.39, 0.29) is 11.7 Å². The number of nitrogens with one attached hydrogen (secondary N) is 2. The monoisotopic (exact) mass is 343 g/mol. The minimum atomic E-state index is -0.243. The molecule has 0 aliphatic heterocycles. The number of thioether (sulfide) groups is 1. The van der Waals surface area contributed by atoms with Gasteiger partial charge in [0, 0.05) is 30.0 Å². The summed E-state index contributed by atoms with van der Waals surface area (Å²) in [6, 6.07) is 14.4. The van der Waals surface area contributed by atoms with Crippen LogP contribution >= 0.6 is 11.8 Å². The van der Waals surface area contributed by atoms with Crippen molar-refractivity contribution in [1.82, 2.24) is 15.3 Å². The van der Waals surface area contributed by atoms with Gasteiger partial charge in [0.05, 0.1) is 11.0 Å². The normalized spacial score (nSPS) is 10.9. The van der Waals surface area contributed by atoms with Gasteiger partial charge in [-0.25, -0.2) is 9.37 Å². The lowest BCUT2D eigenvalue weighted by atomic mass is 10.3. The summed E-state index contributed by atoms with van der Waals surface area (Å²) in [6.45, 7) is 0.531. The Morgan fingerprint density at radius 2 is 1.96 bits per heavy atom. The maximum absolute atomic E-state index is 13.5. The molecule has 0 saturated carbocycles.